The quantitative estimate of drug-likeness (QED) is 0.869. The number of rotatable bonds is 6. The summed E-state index contributed by atoms with van der Waals surface area (Å²) in [7, 11) is 0. The monoisotopic (exact) mass is 317 g/mol. The average Bonchev–Trinajstić information content (AvgIpc) is 3.03. The van der Waals surface area contributed by atoms with Crippen molar-refractivity contribution < 1.29 is 14.6 Å². The van der Waals surface area contributed by atoms with Gasteiger partial charge in [-0.1, -0.05) is 31.4 Å². The van der Waals surface area contributed by atoms with Gasteiger partial charge in [0.2, 0.25) is 0 Å². The summed E-state index contributed by atoms with van der Waals surface area (Å²) in [5.41, 5.74) is 1.14. The smallest absolute Gasteiger partial charge is 0.320 e. The van der Waals surface area contributed by atoms with E-state index in [-0.39, 0.29) is 6.04 Å². The highest BCUT2D eigenvalue weighted by molar-refractivity contribution is 5.73. The zero-order valence-corrected chi connectivity index (χ0v) is 13.7. The van der Waals surface area contributed by atoms with Crippen LogP contribution in [-0.2, 0) is 11.3 Å². The minimum Gasteiger partial charge on any atom is -0.493 e. The van der Waals surface area contributed by atoms with E-state index in [4.69, 9.17) is 4.74 Å². The van der Waals surface area contributed by atoms with E-state index in [2.05, 4.69) is 17.0 Å². The maximum Gasteiger partial charge on any atom is 0.320 e. The Bertz CT molecular complexity index is 525. The summed E-state index contributed by atoms with van der Waals surface area (Å²) >= 11 is 0. The molecule has 1 N–H and O–H groups in total. The lowest BCUT2D eigenvalue weighted by Crippen LogP contribution is -2.35. The van der Waals surface area contributed by atoms with Crippen molar-refractivity contribution >= 4 is 5.97 Å². The number of nitrogens with zero attached hydrogens (tertiary/aromatic N) is 1. The van der Waals surface area contributed by atoms with Gasteiger partial charge in [0.25, 0.3) is 0 Å². The summed E-state index contributed by atoms with van der Waals surface area (Å²) in [6, 6.07) is 7.81. The highest BCUT2D eigenvalue weighted by Crippen LogP contribution is 2.26. The molecule has 1 heterocycles. The van der Waals surface area contributed by atoms with E-state index < -0.39 is 5.97 Å². The summed E-state index contributed by atoms with van der Waals surface area (Å²) in [5.74, 6) is 0.911. The van der Waals surface area contributed by atoms with Crippen molar-refractivity contribution in [2.24, 2.45) is 5.92 Å². The molecule has 1 aliphatic carbocycles. The fourth-order valence-corrected chi connectivity index (χ4v) is 3.83. The third-order valence-corrected chi connectivity index (χ3v) is 5.14. The van der Waals surface area contributed by atoms with E-state index in [0.717, 1.165) is 37.3 Å². The van der Waals surface area contributed by atoms with Crippen molar-refractivity contribution in [1.82, 2.24) is 4.90 Å². The van der Waals surface area contributed by atoms with Crippen molar-refractivity contribution in [2.45, 2.75) is 57.5 Å². The molecule has 1 aliphatic heterocycles. The van der Waals surface area contributed by atoms with Gasteiger partial charge in [-0.2, -0.15) is 0 Å². The van der Waals surface area contributed by atoms with E-state index in [1.165, 1.54) is 32.1 Å². The molecule has 1 aromatic carbocycles. The first-order chi connectivity index (χ1) is 11.2. The number of hydrogen-bond acceptors (Lipinski definition) is 3. The van der Waals surface area contributed by atoms with Crippen molar-refractivity contribution in [2.75, 3.05) is 13.2 Å². The SMILES string of the molecule is O=C(O)[C@@H]1CCCN1Cc1cccc(OCC2CCCCC2)c1. The predicted molar refractivity (Wildman–Crippen MR) is 89.6 cm³/mol. The minimum atomic E-state index is -0.702. The molecule has 3 rings (SSSR count). The van der Waals surface area contributed by atoms with Gasteiger partial charge in [-0.3, -0.25) is 9.69 Å². The molecule has 1 aromatic rings. The van der Waals surface area contributed by atoms with Crippen LogP contribution < -0.4 is 4.74 Å². The fraction of sp³-hybridized carbons (Fsp3) is 0.632. The molecule has 0 aromatic heterocycles. The standard InChI is InChI=1S/C19H27NO3/c21-19(22)18-10-5-11-20(18)13-16-8-4-9-17(12-16)23-14-15-6-2-1-3-7-15/h4,8-9,12,15,18H,1-3,5-7,10-11,13-14H2,(H,21,22)/t18-/m0/s1. The summed E-state index contributed by atoms with van der Waals surface area (Å²) in [6.07, 6.45) is 8.33. The minimum absolute atomic E-state index is 0.332. The number of carboxylic acids is 1. The van der Waals surface area contributed by atoms with E-state index in [1.807, 2.05) is 12.1 Å². The molecule has 1 saturated carbocycles. The van der Waals surface area contributed by atoms with E-state index in [0.29, 0.717) is 12.5 Å². The van der Waals surface area contributed by atoms with Gasteiger partial charge in [-0.05, 0) is 55.8 Å². The highest BCUT2D eigenvalue weighted by Gasteiger charge is 2.30. The van der Waals surface area contributed by atoms with E-state index >= 15 is 0 Å². The molecule has 2 fully saturated rings. The molecular weight excluding hydrogens is 290 g/mol. The van der Waals surface area contributed by atoms with Crippen LogP contribution in [0.1, 0.15) is 50.5 Å². The van der Waals surface area contributed by atoms with Gasteiger partial charge in [0.05, 0.1) is 6.61 Å². The number of benzene rings is 1. The van der Waals surface area contributed by atoms with Gasteiger partial charge in [-0.15, -0.1) is 0 Å². The van der Waals surface area contributed by atoms with Crippen LogP contribution in [0.4, 0.5) is 0 Å². The molecule has 23 heavy (non-hydrogen) atoms. The van der Waals surface area contributed by atoms with Gasteiger partial charge in [0, 0.05) is 6.54 Å². The molecule has 0 radical (unpaired) electrons. The van der Waals surface area contributed by atoms with Crippen LogP contribution in [0.2, 0.25) is 0 Å². The second-order valence-electron chi connectivity index (χ2n) is 6.93. The third-order valence-electron chi connectivity index (χ3n) is 5.14. The van der Waals surface area contributed by atoms with Crippen molar-refractivity contribution in [3.63, 3.8) is 0 Å². The summed E-state index contributed by atoms with van der Waals surface area (Å²) in [5, 5.41) is 9.28. The zero-order chi connectivity index (χ0) is 16.1. The molecule has 0 bridgehead atoms. The molecule has 4 heteroatoms. The normalized spacial score (nSPS) is 23.0. The summed E-state index contributed by atoms with van der Waals surface area (Å²) in [6.45, 7) is 2.37. The molecule has 0 amide bonds. The lowest BCUT2D eigenvalue weighted by atomic mass is 9.90. The largest absolute Gasteiger partial charge is 0.493 e. The fourth-order valence-electron chi connectivity index (χ4n) is 3.83. The van der Waals surface area contributed by atoms with E-state index in [1.54, 1.807) is 0 Å². The molecule has 4 nitrogen and oxygen atoms in total. The van der Waals surface area contributed by atoms with Crippen LogP contribution >= 0.6 is 0 Å². The van der Waals surface area contributed by atoms with Crippen LogP contribution in [0.15, 0.2) is 24.3 Å². The van der Waals surface area contributed by atoms with Crippen LogP contribution in [0.5, 0.6) is 5.75 Å². The lowest BCUT2D eigenvalue weighted by Gasteiger charge is -2.23. The molecule has 126 valence electrons. The predicted octanol–water partition coefficient (Wildman–Crippen LogP) is 3.69. The van der Waals surface area contributed by atoms with Crippen LogP contribution in [0.3, 0.4) is 0 Å². The topological polar surface area (TPSA) is 49.8 Å². The second kappa shape index (κ2) is 7.82. The first-order valence-electron chi connectivity index (χ1n) is 8.91. The van der Waals surface area contributed by atoms with Gasteiger partial charge >= 0.3 is 5.97 Å². The van der Waals surface area contributed by atoms with Crippen LogP contribution in [0, 0.1) is 5.92 Å². The molecule has 1 atom stereocenters. The Hall–Kier alpha value is -1.55. The number of ether oxygens (including phenoxy) is 1. The Labute approximate surface area is 138 Å². The lowest BCUT2D eigenvalue weighted by molar-refractivity contribution is -0.142. The van der Waals surface area contributed by atoms with Gasteiger partial charge < -0.3 is 9.84 Å². The van der Waals surface area contributed by atoms with Gasteiger partial charge in [0.1, 0.15) is 11.8 Å². The first-order valence-corrected chi connectivity index (χ1v) is 8.91. The van der Waals surface area contributed by atoms with Gasteiger partial charge in [-0.25, -0.2) is 0 Å². The second-order valence-corrected chi connectivity index (χ2v) is 6.93. The van der Waals surface area contributed by atoms with Crippen LogP contribution in [-0.4, -0.2) is 35.2 Å². The average molecular weight is 317 g/mol. The molecular formula is C19H27NO3. The molecule has 0 spiro atoms. The summed E-state index contributed by atoms with van der Waals surface area (Å²) < 4.78 is 5.99. The number of hydrogen-bond donors (Lipinski definition) is 1. The molecule has 1 saturated heterocycles. The maximum atomic E-state index is 11.3. The Morgan fingerprint density at radius 2 is 2.00 bits per heavy atom. The zero-order valence-electron chi connectivity index (χ0n) is 13.7. The van der Waals surface area contributed by atoms with E-state index in [9.17, 15) is 9.90 Å². The highest BCUT2D eigenvalue weighted by atomic mass is 16.5. The third kappa shape index (κ3) is 4.47. The Balaban J connectivity index is 1.55. The Morgan fingerprint density at radius 1 is 1.17 bits per heavy atom. The first kappa shape index (κ1) is 16.3. The Morgan fingerprint density at radius 3 is 2.78 bits per heavy atom. The van der Waals surface area contributed by atoms with Gasteiger partial charge in [0.15, 0.2) is 0 Å². The summed E-state index contributed by atoms with van der Waals surface area (Å²) in [4.78, 5) is 13.3. The number of carbonyl (C=O) groups is 1. The van der Waals surface area contributed by atoms with Crippen molar-refractivity contribution in [3.8, 4) is 5.75 Å². The number of aliphatic carboxylic acids is 1. The van der Waals surface area contributed by atoms with Crippen molar-refractivity contribution in [3.05, 3.63) is 29.8 Å². The van der Waals surface area contributed by atoms with Crippen molar-refractivity contribution in [1.29, 1.82) is 0 Å². The Kier molecular flexibility index (Phi) is 5.55. The maximum absolute atomic E-state index is 11.3. The number of carboxylic acid groups (broad SMARTS) is 1. The van der Waals surface area contributed by atoms with Crippen LogP contribution in [0.25, 0.3) is 0 Å². The number of likely N-dealkylation sites (tertiary alicyclic amines) is 1. The molecule has 2 aliphatic rings. The molecule has 0 unspecified atom stereocenters.